The highest BCUT2D eigenvalue weighted by atomic mass is 32.1. The third-order valence-electron chi connectivity index (χ3n) is 3.70. The van der Waals surface area contributed by atoms with Gasteiger partial charge in [-0.25, -0.2) is 9.37 Å². The van der Waals surface area contributed by atoms with E-state index in [2.05, 4.69) is 15.3 Å². The maximum Gasteiger partial charge on any atom is 0.257 e. The molecule has 0 saturated carbocycles. The molecule has 4 rings (SSSR count). The van der Waals surface area contributed by atoms with Gasteiger partial charge in [0.25, 0.3) is 5.91 Å². The van der Waals surface area contributed by atoms with Gasteiger partial charge in [0.1, 0.15) is 5.82 Å². The zero-order chi connectivity index (χ0) is 16.5. The molecule has 0 bridgehead atoms. The fourth-order valence-corrected chi connectivity index (χ4v) is 3.21. The average Bonchev–Trinajstić information content (AvgIpc) is 3.22. The first-order valence-corrected chi connectivity index (χ1v) is 8.17. The quantitative estimate of drug-likeness (QED) is 0.570. The Morgan fingerprint density at radius 2 is 1.92 bits per heavy atom. The Morgan fingerprint density at radius 3 is 2.75 bits per heavy atom. The summed E-state index contributed by atoms with van der Waals surface area (Å²) in [4.78, 5) is 19.8. The van der Waals surface area contributed by atoms with Gasteiger partial charge in [0, 0.05) is 33.6 Å². The molecular formula is C18H12FN3OS. The molecule has 0 unspecified atom stereocenters. The van der Waals surface area contributed by atoms with Crippen molar-refractivity contribution in [2.45, 2.75) is 0 Å². The smallest absolute Gasteiger partial charge is 0.257 e. The number of anilines is 1. The first-order valence-electron chi connectivity index (χ1n) is 7.29. The lowest BCUT2D eigenvalue weighted by atomic mass is 10.1. The van der Waals surface area contributed by atoms with Gasteiger partial charge in [-0.05, 0) is 30.3 Å². The van der Waals surface area contributed by atoms with Crippen LogP contribution < -0.4 is 5.32 Å². The predicted octanol–water partition coefficient (Wildman–Crippen LogP) is 4.68. The van der Waals surface area contributed by atoms with Crippen LogP contribution in [0.15, 0.2) is 60.1 Å². The number of carbonyl (C=O) groups is 1. The number of para-hydroxylation sites is 1. The molecule has 0 atom stereocenters. The molecule has 24 heavy (non-hydrogen) atoms. The number of hydrogen-bond acceptors (Lipinski definition) is 3. The predicted molar refractivity (Wildman–Crippen MR) is 93.8 cm³/mol. The molecule has 6 heteroatoms. The van der Waals surface area contributed by atoms with E-state index in [1.165, 1.54) is 35.6 Å². The molecular weight excluding hydrogens is 325 g/mol. The lowest BCUT2D eigenvalue weighted by Gasteiger charge is -2.01. The number of halogens is 1. The second kappa shape index (κ2) is 5.90. The molecule has 2 N–H and O–H groups in total. The molecule has 4 nitrogen and oxygen atoms in total. The minimum absolute atomic E-state index is 0.310. The van der Waals surface area contributed by atoms with Crippen molar-refractivity contribution in [3.63, 3.8) is 0 Å². The number of H-pyrrole nitrogens is 1. The van der Waals surface area contributed by atoms with Gasteiger partial charge < -0.3 is 4.98 Å². The zero-order valence-electron chi connectivity index (χ0n) is 12.4. The van der Waals surface area contributed by atoms with Crippen molar-refractivity contribution in [2.24, 2.45) is 0 Å². The molecule has 0 fully saturated rings. The molecule has 0 saturated heterocycles. The second-order valence-corrected chi connectivity index (χ2v) is 6.10. The number of nitrogens with zero attached hydrogens (tertiary/aromatic N) is 1. The molecule has 2 aromatic carbocycles. The lowest BCUT2D eigenvalue weighted by molar-refractivity contribution is 0.102. The fraction of sp³-hybridized carbons (Fsp3) is 0. The van der Waals surface area contributed by atoms with Gasteiger partial charge >= 0.3 is 0 Å². The first kappa shape index (κ1) is 14.6. The number of aromatic nitrogens is 2. The van der Waals surface area contributed by atoms with E-state index >= 15 is 0 Å². The van der Waals surface area contributed by atoms with Crippen LogP contribution in [0.2, 0.25) is 0 Å². The third-order valence-corrected chi connectivity index (χ3v) is 4.45. The Labute approximate surface area is 141 Å². The number of rotatable bonds is 3. The third kappa shape index (κ3) is 2.68. The summed E-state index contributed by atoms with van der Waals surface area (Å²) >= 11 is 1.35. The molecule has 2 heterocycles. The molecule has 0 spiro atoms. The van der Waals surface area contributed by atoms with Crippen LogP contribution >= 0.6 is 11.3 Å². The van der Waals surface area contributed by atoms with Gasteiger partial charge in [0.05, 0.1) is 5.69 Å². The Balaban J connectivity index is 1.59. The van der Waals surface area contributed by atoms with Crippen molar-refractivity contribution < 1.29 is 9.18 Å². The molecule has 0 aliphatic rings. The molecule has 0 aliphatic carbocycles. The van der Waals surface area contributed by atoms with Crippen molar-refractivity contribution in [1.29, 1.82) is 0 Å². The van der Waals surface area contributed by atoms with Crippen LogP contribution in [0.4, 0.5) is 9.52 Å². The number of fused-ring (bicyclic) bond motifs is 1. The summed E-state index contributed by atoms with van der Waals surface area (Å²) in [5.74, 6) is -0.683. The monoisotopic (exact) mass is 337 g/mol. The number of benzene rings is 2. The normalized spacial score (nSPS) is 10.9. The van der Waals surface area contributed by atoms with Crippen molar-refractivity contribution in [2.75, 3.05) is 5.32 Å². The molecule has 1 amide bonds. The van der Waals surface area contributed by atoms with Crippen molar-refractivity contribution >= 4 is 33.3 Å². The molecule has 118 valence electrons. The number of thiazole rings is 1. The van der Waals surface area contributed by atoms with Crippen LogP contribution in [-0.4, -0.2) is 15.9 Å². The van der Waals surface area contributed by atoms with Gasteiger partial charge in [0.2, 0.25) is 0 Å². The number of hydrogen-bond donors (Lipinski definition) is 2. The van der Waals surface area contributed by atoms with E-state index in [4.69, 9.17) is 0 Å². The Morgan fingerprint density at radius 1 is 1.12 bits per heavy atom. The summed E-state index contributed by atoms with van der Waals surface area (Å²) < 4.78 is 12.9. The van der Waals surface area contributed by atoms with Gasteiger partial charge in [-0.3, -0.25) is 10.1 Å². The van der Waals surface area contributed by atoms with Crippen LogP contribution in [-0.2, 0) is 0 Å². The fourth-order valence-electron chi connectivity index (χ4n) is 2.51. The summed E-state index contributed by atoms with van der Waals surface area (Å²) in [7, 11) is 0. The summed E-state index contributed by atoms with van der Waals surface area (Å²) in [5.41, 5.74) is 3.22. The van der Waals surface area contributed by atoms with Crippen LogP contribution in [0.1, 0.15) is 10.4 Å². The minimum Gasteiger partial charge on any atom is -0.360 e. The highest BCUT2D eigenvalue weighted by molar-refractivity contribution is 7.14. The molecule has 4 aromatic rings. The van der Waals surface area contributed by atoms with E-state index in [-0.39, 0.29) is 11.7 Å². The molecule has 0 radical (unpaired) electrons. The summed E-state index contributed by atoms with van der Waals surface area (Å²) in [6, 6.07) is 13.4. The highest BCUT2D eigenvalue weighted by Crippen LogP contribution is 2.31. The lowest BCUT2D eigenvalue weighted by Crippen LogP contribution is -2.11. The topological polar surface area (TPSA) is 57.8 Å². The Kier molecular flexibility index (Phi) is 3.59. The SMILES string of the molecule is O=C(Nc1nc(-c2c[nH]c3ccccc23)cs1)c1ccc(F)cc1. The van der Waals surface area contributed by atoms with Crippen LogP contribution in [0.5, 0.6) is 0 Å². The van der Waals surface area contributed by atoms with Gasteiger partial charge in [0.15, 0.2) is 5.13 Å². The maximum atomic E-state index is 12.9. The minimum atomic E-state index is -0.373. The second-order valence-electron chi connectivity index (χ2n) is 5.25. The number of nitrogens with one attached hydrogen (secondary N) is 2. The molecule has 2 aromatic heterocycles. The van der Waals surface area contributed by atoms with Crippen LogP contribution in [0.25, 0.3) is 22.2 Å². The van der Waals surface area contributed by atoms with E-state index in [9.17, 15) is 9.18 Å². The largest absolute Gasteiger partial charge is 0.360 e. The van der Waals surface area contributed by atoms with Crippen LogP contribution in [0.3, 0.4) is 0 Å². The highest BCUT2D eigenvalue weighted by Gasteiger charge is 2.12. The van der Waals surface area contributed by atoms with Crippen LogP contribution in [0, 0.1) is 5.82 Å². The standard InChI is InChI=1S/C18H12FN3OS/c19-12-7-5-11(6-8-12)17(23)22-18-21-16(10-24-18)14-9-20-15-4-2-1-3-13(14)15/h1-10,20H,(H,21,22,23). The zero-order valence-corrected chi connectivity index (χ0v) is 13.2. The number of amides is 1. The van der Waals surface area contributed by atoms with E-state index < -0.39 is 0 Å². The van der Waals surface area contributed by atoms with E-state index in [0.717, 1.165) is 22.2 Å². The van der Waals surface area contributed by atoms with Crippen molar-refractivity contribution in [3.05, 3.63) is 71.5 Å². The Hall–Kier alpha value is -2.99. The maximum absolute atomic E-state index is 12.9. The average molecular weight is 337 g/mol. The van der Waals surface area contributed by atoms with E-state index in [1.807, 2.05) is 35.8 Å². The van der Waals surface area contributed by atoms with Crippen molar-refractivity contribution in [1.82, 2.24) is 9.97 Å². The number of aromatic amines is 1. The van der Waals surface area contributed by atoms with Gasteiger partial charge in [-0.1, -0.05) is 18.2 Å². The number of carbonyl (C=O) groups excluding carboxylic acids is 1. The summed E-state index contributed by atoms with van der Waals surface area (Å²) in [6.45, 7) is 0. The summed E-state index contributed by atoms with van der Waals surface area (Å²) in [6.07, 6.45) is 1.91. The van der Waals surface area contributed by atoms with Gasteiger partial charge in [-0.2, -0.15) is 0 Å². The first-order chi connectivity index (χ1) is 11.7. The van der Waals surface area contributed by atoms with E-state index in [0.29, 0.717) is 10.7 Å². The van der Waals surface area contributed by atoms with E-state index in [1.54, 1.807) is 0 Å². The van der Waals surface area contributed by atoms with Gasteiger partial charge in [-0.15, -0.1) is 11.3 Å². The summed E-state index contributed by atoms with van der Waals surface area (Å²) in [5, 5.41) is 6.23. The Bertz CT molecular complexity index is 1020. The molecule has 0 aliphatic heterocycles. The van der Waals surface area contributed by atoms with Crippen molar-refractivity contribution in [3.8, 4) is 11.3 Å².